The van der Waals surface area contributed by atoms with Crippen LogP contribution in [0.5, 0.6) is 0 Å². The first-order valence-electron chi connectivity index (χ1n) is 7.76. The lowest BCUT2D eigenvalue weighted by Gasteiger charge is -2.32. The highest BCUT2D eigenvalue weighted by Gasteiger charge is 2.18. The molecule has 0 unspecified atom stereocenters. The molecule has 20 heavy (non-hydrogen) atoms. The van der Waals surface area contributed by atoms with E-state index in [1.165, 1.54) is 50.0 Å². The van der Waals surface area contributed by atoms with Crippen molar-refractivity contribution in [2.45, 2.75) is 39.2 Å². The highest BCUT2D eigenvalue weighted by Crippen LogP contribution is 2.21. The van der Waals surface area contributed by atoms with Gasteiger partial charge in [0.25, 0.3) is 0 Å². The van der Waals surface area contributed by atoms with Gasteiger partial charge < -0.3 is 5.32 Å². The summed E-state index contributed by atoms with van der Waals surface area (Å²) in [7, 11) is 2.05. The Morgan fingerprint density at radius 1 is 1.10 bits per heavy atom. The fourth-order valence-corrected chi connectivity index (χ4v) is 2.92. The summed E-state index contributed by atoms with van der Waals surface area (Å²) in [5.74, 6) is 0.936. The van der Waals surface area contributed by atoms with Crippen LogP contribution in [0.1, 0.15) is 37.3 Å². The predicted molar refractivity (Wildman–Crippen MR) is 89.6 cm³/mol. The quantitative estimate of drug-likeness (QED) is 0.864. The van der Waals surface area contributed by atoms with Crippen LogP contribution in [0.15, 0.2) is 24.3 Å². The Morgan fingerprint density at radius 2 is 1.70 bits per heavy atom. The van der Waals surface area contributed by atoms with Gasteiger partial charge >= 0.3 is 0 Å². The molecule has 0 spiro atoms. The van der Waals surface area contributed by atoms with Gasteiger partial charge in [0.2, 0.25) is 0 Å². The third-order valence-electron chi connectivity index (χ3n) is 4.35. The molecule has 0 atom stereocenters. The van der Waals surface area contributed by atoms with Crippen molar-refractivity contribution in [3.05, 3.63) is 35.4 Å². The van der Waals surface area contributed by atoms with Crippen LogP contribution >= 0.6 is 12.4 Å². The molecule has 1 aromatic rings. The molecule has 0 aromatic heterocycles. The first kappa shape index (κ1) is 17.5. The number of likely N-dealkylation sites (tertiary alicyclic amines) is 1. The molecule has 2 nitrogen and oxygen atoms in total. The molecule has 1 N–H and O–H groups in total. The lowest BCUT2D eigenvalue weighted by Crippen LogP contribution is -2.34. The number of aryl methyl sites for hydroxylation is 1. The number of hydrogen-bond donors (Lipinski definition) is 1. The summed E-state index contributed by atoms with van der Waals surface area (Å²) in [4.78, 5) is 2.61. The van der Waals surface area contributed by atoms with Crippen molar-refractivity contribution in [2.75, 3.05) is 26.7 Å². The molecule has 0 radical (unpaired) electrons. The molecule has 1 aliphatic rings. The number of nitrogens with one attached hydrogen (secondary N) is 1. The standard InChI is InChI=1S/C17H28N2.ClH/c1-3-15-4-6-17(7-5-15)14-19-12-9-16(10-13-19)8-11-18-2;/h4-7,16,18H,3,8-14H2,1-2H3;1H. The zero-order chi connectivity index (χ0) is 13.5. The molecule has 3 heteroatoms. The molecular weight excluding hydrogens is 268 g/mol. The number of hydrogen-bond acceptors (Lipinski definition) is 2. The van der Waals surface area contributed by atoms with E-state index in [-0.39, 0.29) is 12.4 Å². The maximum atomic E-state index is 3.26. The maximum Gasteiger partial charge on any atom is 0.0233 e. The summed E-state index contributed by atoms with van der Waals surface area (Å²) in [5.41, 5.74) is 2.90. The monoisotopic (exact) mass is 296 g/mol. The van der Waals surface area contributed by atoms with Crippen molar-refractivity contribution in [2.24, 2.45) is 5.92 Å². The van der Waals surface area contributed by atoms with Crippen LogP contribution in [0, 0.1) is 5.92 Å². The minimum atomic E-state index is 0. The van der Waals surface area contributed by atoms with Gasteiger partial charge in [-0.25, -0.2) is 0 Å². The highest BCUT2D eigenvalue weighted by molar-refractivity contribution is 5.85. The molecule has 1 aromatic carbocycles. The van der Waals surface area contributed by atoms with Crippen molar-refractivity contribution in [1.29, 1.82) is 0 Å². The van der Waals surface area contributed by atoms with Gasteiger partial charge in [-0.1, -0.05) is 31.2 Å². The van der Waals surface area contributed by atoms with Gasteiger partial charge in [0.1, 0.15) is 0 Å². The third-order valence-corrected chi connectivity index (χ3v) is 4.35. The molecule has 0 aliphatic carbocycles. The molecule has 1 fully saturated rings. The van der Waals surface area contributed by atoms with E-state index in [1.807, 2.05) is 0 Å². The van der Waals surface area contributed by atoms with Gasteiger partial charge in [-0.05, 0) is 69.4 Å². The minimum absolute atomic E-state index is 0. The second-order valence-electron chi connectivity index (χ2n) is 5.78. The SMILES string of the molecule is CCc1ccc(CN2CCC(CCNC)CC2)cc1.Cl. The first-order valence-corrected chi connectivity index (χ1v) is 7.76. The van der Waals surface area contributed by atoms with Crippen LogP contribution in [-0.2, 0) is 13.0 Å². The summed E-state index contributed by atoms with van der Waals surface area (Å²) < 4.78 is 0. The van der Waals surface area contributed by atoms with Crippen LogP contribution < -0.4 is 5.32 Å². The molecule has 0 saturated carbocycles. The van der Waals surface area contributed by atoms with E-state index in [2.05, 4.69) is 48.5 Å². The number of rotatable bonds is 6. The Kier molecular flexibility index (Phi) is 8.20. The average molecular weight is 297 g/mol. The van der Waals surface area contributed by atoms with Crippen molar-refractivity contribution < 1.29 is 0 Å². The van der Waals surface area contributed by atoms with Crippen molar-refractivity contribution >= 4 is 12.4 Å². The van der Waals surface area contributed by atoms with E-state index in [0.717, 1.165) is 18.9 Å². The summed E-state index contributed by atoms with van der Waals surface area (Å²) >= 11 is 0. The molecule has 114 valence electrons. The van der Waals surface area contributed by atoms with E-state index in [0.29, 0.717) is 0 Å². The van der Waals surface area contributed by atoms with Gasteiger partial charge in [-0.15, -0.1) is 12.4 Å². The number of nitrogens with zero attached hydrogens (tertiary/aromatic N) is 1. The smallest absolute Gasteiger partial charge is 0.0233 e. The Labute approximate surface area is 130 Å². The number of halogens is 1. The predicted octanol–water partition coefficient (Wildman–Crippen LogP) is 3.49. The third kappa shape index (κ3) is 5.43. The number of benzene rings is 1. The van der Waals surface area contributed by atoms with E-state index in [1.54, 1.807) is 0 Å². The summed E-state index contributed by atoms with van der Waals surface area (Å²) in [6.45, 7) is 7.05. The molecule has 1 aliphatic heterocycles. The summed E-state index contributed by atoms with van der Waals surface area (Å²) in [6.07, 6.45) is 5.22. The molecular formula is C17H29ClN2. The van der Waals surface area contributed by atoms with E-state index in [4.69, 9.17) is 0 Å². The summed E-state index contributed by atoms with van der Waals surface area (Å²) in [6, 6.07) is 9.14. The van der Waals surface area contributed by atoms with Gasteiger partial charge in [0.15, 0.2) is 0 Å². The molecule has 1 heterocycles. The Balaban J connectivity index is 0.00000200. The Bertz CT molecular complexity index is 356. The summed E-state index contributed by atoms with van der Waals surface area (Å²) in [5, 5.41) is 3.26. The molecule has 2 rings (SSSR count). The normalized spacial score (nSPS) is 16.9. The van der Waals surface area contributed by atoms with Crippen LogP contribution in [0.4, 0.5) is 0 Å². The van der Waals surface area contributed by atoms with Gasteiger partial charge in [-0.3, -0.25) is 4.90 Å². The number of piperidine rings is 1. The fraction of sp³-hybridized carbons (Fsp3) is 0.647. The zero-order valence-corrected chi connectivity index (χ0v) is 13.7. The van der Waals surface area contributed by atoms with Crippen LogP contribution in [-0.4, -0.2) is 31.6 Å². The van der Waals surface area contributed by atoms with E-state index >= 15 is 0 Å². The van der Waals surface area contributed by atoms with Crippen molar-refractivity contribution in [1.82, 2.24) is 10.2 Å². The van der Waals surface area contributed by atoms with Crippen LogP contribution in [0.3, 0.4) is 0 Å². The van der Waals surface area contributed by atoms with Crippen LogP contribution in [0.25, 0.3) is 0 Å². The van der Waals surface area contributed by atoms with Gasteiger partial charge in [-0.2, -0.15) is 0 Å². The molecule has 1 saturated heterocycles. The topological polar surface area (TPSA) is 15.3 Å². The minimum Gasteiger partial charge on any atom is -0.320 e. The van der Waals surface area contributed by atoms with E-state index in [9.17, 15) is 0 Å². The average Bonchev–Trinajstić information content (AvgIpc) is 2.47. The second kappa shape index (κ2) is 9.38. The fourth-order valence-electron chi connectivity index (χ4n) is 2.92. The highest BCUT2D eigenvalue weighted by atomic mass is 35.5. The zero-order valence-electron chi connectivity index (χ0n) is 12.9. The van der Waals surface area contributed by atoms with Crippen molar-refractivity contribution in [3.8, 4) is 0 Å². The van der Waals surface area contributed by atoms with Crippen molar-refractivity contribution in [3.63, 3.8) is 0 Å². The largest absolute Gasteiger partial charge is 0.320 e. The second-order valence-corrected chi connectivity index (χ2v) is 5.78. The molecule has 0 amide bonds. The van der Waals surface area contributed by atoms with Gasteiger partial charge in [0.05, 0.1) is 0 Å². The first-order chi connectivity index (χ1) is 9.31. The Morgan fingerprint density at radius 3 is 2.25 bits per heavy atom. The Hall–Kier alpha value is -0.570. The lowest BCUT2D eigenvalue weighted by molar-refractivity contribution is 0.172. The van der Waals surface area contributed by atoms with E-state index < -0.39 is 0 Å². The maximum absolute atomic E-state index is 3.26. The lowest BCUT2D eigenvalue weighted by atomic mass is 9.93. The van der Waals surface area contributed by atoms with Gasteiger partial charge in [0, 0.05) is 6.54 Å². The molecule has 0 bridgehead atoms. The van der Waals surface area contributed by atoms with Crippen LogP contribution in [0.2, 0.25) is 0 Å².